The molecule has 19 heavy (non-hydrogen) atoms. The van der Waals surface area contributed by atoms with Crippen LogP contribution in [0.15, 0.2) is 24.3 Å². The molecule has 0 saturated carbocycles. The van der Waals surface area contributed by atoms with Crippen molar-refractivity contribution < 1.29 is 9.59 Å². The van der Waals surface area contributed by atoms with E-state index in [0.29, 0.717) is 0 Å². The molecule has 0 unspecified atom stereocenters. The van der Waals surface area contributed by atoms with Crippen LogP contribution < -0.4 is 15.5 Å². The number of hydrogen-bond acceptors (Lipinski definition) is 3. The summed E-state index contributed by atoms with van der Waals surface area (Å²) < 4.78 is 0. The van der Waals surface area contributed by atoms with Crippen LogP contribution in [0.2, 0.25) is 0 Å². The Hall–Kier alpha value is -2.04. The van der Waals surface area contributed by atoms with Crippen molar-refractivity contribution in [2.24, 2.45) is 0 Å². The van der Waals surface area contributed by atoms with Gasteiger partial charge in [-0.1, -0.05) is 0 Å². The second kappa shape index (κ2) is 6.78. The Balaban J connectivity index is 2.53. The number of carbonyl (C=O) groups is 2. The largest absolute Gasteiger partial charge is 0.376 e. The second-order valence-electron chi connectivity index (χ2n) is 4.70. The van der Waals surface area contributed by atoms with Crippen LogP contribution in [0.3, 0.4) is 0 Å². The van der Waals surface area contributed by atoms with Crippen molar-refractivity contribution in [3.63, 3.8) is 0 Å². The topological polar surface area (TPSA) is 61.4 Å². The fourth-order valence-electron chi connectivity index (χ4n) is 1.54. The first-order valence-corrected chi connectivity index (χ1v) is 6.27. The molecule has 0 aliphatic heterocycles. The van der Waals surface area contributed by atoms with Gasteiger partial charge in [0.05, 0.1) is 6.54 Å². The Morgan fingerprint density at radius 2 is 1.79 bits per heavy atom. The van der Waals surface area contributed by atoms with Crippen LogP contribution in [-0.2, 0) is 9.59 Å². The number of amides is 2. The van der Waals surface area contributed by atoms with E-state index in [1.165, 1.54) is 6.92 Å². The van der Waals surface area contributed by atoms with Crippen molar-refractivity contribution in [3.05, 3.63) is 24.3 Å². The van der Waals surface area contributed by atoms with Crippen LogP contribution in [0.5, 0.6) is 0 Å². The third kappa shape index (κ3) is 4.99. The minimum atomic E-state index is -0.0417. The van der Waals surface area contributed by atoms with Crippen molar-refractivity contribution in [1.82, 2.24) is 5.32 Å². The predicted molar refractivity (Wildman–Crippen MR) is 77.3 cm³/mol. The maximum atomic E-state index is 11.5. The zero-order valence-corrected chi connectivity index (χ0v) is 11.9. The van der Waals surface area contributed by atoms with Gasteiger partial charge in [0, 0.05) is 31.4 Å². The van der Waals surface area contributed by atoms with E-state index in [4.69, 9.17) is 0 Å². The summed E-state index contributed by atoms with van der Waals surface area (Å²) in [5, 5.41) is 5.83. The number of anilines is 2. The molecule has 0 atom stereocenters. The first-order chi connectivity index (χ1) is 8.90. The third-order valence-electron chi connectivity index (χ3n) is 2.63. The highest BCUT2D eigenvalue weighted by molar-refractivity contribution is 5.91. The third-order valence-corrected chi connectivity index (χ3v) is 2.63. The summed E-state index contributed by atoms with van der Waals surface area (Å²) in [6, 6.07) is 7.50. The van der Waals surface area contributed by atoms with Gasteiger partial charge in [-0.25, -0.2) is 0 Å². The maximum absolute atomic E-state index is 11.5. The molecule has 0 aromatic heterocycles. The van der Waals surface area contributed by atoms with E-state index in [1.54, 1.807) is 11.9 Å². The lowest BCUT2D eigenvalue weighted by Crippen LogP contribution is -2.34. The summed E-state index contributed by atoms with van der Waals surface area (Å²) in [7, 11) is 1.72. The van der Waals surface area contributed by atoms with Crippen molar-refractivity contribution in [2.45, 2.75) is 26.8 Å². The van der Waals surface area contributed by atoms with Crippen molar-refractivity contribution in [1.29, 1.82) is 0 Å². The fraction of sp³-hybridized carbons (Fsp3) is 0.429. The van der Waals surface area contributed by atoms with E-state index in [9.17, 15) is 9.59 Å². The van der Waals surface area contributed by atoms with E-state index < -0.39 is 0 Å². The fourth-order valence-corrected chi connectivity index (χ4v) is 1.54. The molecule has 0 radical (unpaired) electrons. The van der Waals surface area contributed by atoms with Crippen LogP contribution >= 0.6 is 0 Å². The molecule has 0 bridgehead atoms. The Labute approximate surface area is 114 Å². The minimum absolute atomic E-state index is 0.0166. The van der Waals surface area contributed by atoms with Gasteiger partial charge in [0.25, 0.3) is 0 Å². The van der Waals surface area contributed by atoms with E-state index >= 15 is 0 Å². The molecule has 2 amide bonds. The summed E-state index contributed by atoms with van der Waals surface area (Å²) >= 11 is 0. The zero-order valence-electron chi connectivity index (χ0n) is 11.9. The lowest BCUT2D eigenvalue weighted by molar-refractivity contribution is -0.120. The van der Waals surface area contributed by atoms with Crippen LogP contribution in [0.25, 0.3) is 0 Å². The molecule has 0 aliphatic carbocycles. The molecule has 1 aromatic rings. The smallest absolute Gasteiger partial charge is 0.239 e. The number of nitrogens with one attached hydrogen (secondary N) is 2. The van der Waals surface area contributed by atoms with Crippen molar-refractivity contribution in [3.8, 4) is 0 Å². The normalized spacial score (nSPS) is 10.2. The number of nitrogens with zero attached hydrogens (tertiary/aromatic N) is 1. The average Bonchev–Trinajstić information content (AvgIpc) is 2.35. The first-order valence-electron chi connectivity index (χ1n) is 6.27. The summed E-state index contributed by atoms with van der Waals surface area (Å²) in [6.07, 6.45) is 0. The molecule has 104 valence electrons. The average molecular weight is 263 g/mol. The number of carbonyl (C=O) groups excluding carboxylic acids is 2. The van der Waals surface area contributed by atoms with Gasteiger partial charge in [0.2, 0.25) is 11.8 Å². The standard InChI is InChI=1S/C14H21N3O2/c1-10(2)16-14(19)9-15-12-5-7-13(8-6-12)17(4)11(3)18/h5-8,10,15H,9H2,1-4H3,(H,16,19). The highest BCUT2D eigenvalue weighted by atomic mass is 16.2. The molecule has 2 N–H and O–H groups in total. The monoisotopic (exact) mass is 263 g/mol. The number of benzene rings is 1. The van der Waals surface area contributed by atoms with Crippen LogP contribution in [0.4, 0.5) is 11.4 Å². The molecule has 5 heteroatoms. The van der Waals surface area contributed by atoms with Gasteiger partial charge < -0.3 is 15.5 Å². The molecule has 5 nitrogen and oxygen atoms in total. The molecule has 0 spiro atoms. The van der Waals surface area contributed by atoms with Gasteiger partial charge in [-0.05, 0) is 38.1 Å². The molecule has 0 aliphatic rings. The molecular weight excluding hydrogens is 242 g/mol. The molecule has 1 aromatic carbocycles. The maximum Gasteiger partial charge on any atom is 0.239 e. The first kappa shape index (κ1) is 15.0. The molecular formula is C14H21N3O2. The van der Waals surface area contributed by atoms with Gasteiger partial charge in [-0.15, -0.1) is 0 Å². The Morgan fingerprint density at radius 1 is 1.21 bits per heavy atom. The molecule has 0 saturated heterocycles. The van der Waals surface area contributed by atoms with Gasteiger partial charge in [-0.2, -0.15) is 0 Å². The van der Waals surface area contributed by atoms with Gasteiger partial charge in [-0.3, -0.25) is 9.59 Å². The quantitative estimate of drug-likeness (QED) is 0.848. The van der Waals surface area contributed by atoms with E-state index in [2.05, 4.69) is 10.6 Å². The van der Waals surface area contributed by atoms with Gasteiger partial charge in [0.15, 0.2) is 0 Å². The Morgan fingerprint density at radius 3 is 2.26 bits per heavy atom. The van der Waals surface area contributed by atoms with E-state index in [-0.39, 0.29) is 24.4 Å². The van der Waals surface area contributed by atoms with Gasteiger partial charge >= 0.3 is 0 Å². The highest BCUT2D eigenvalue weighted by Crippen LogP contribution is 2.16. The van der Waals surface area contributed by atoms with Crippen molar-refractivity contribution >= 4 is 23.2 Å². The zero-order chi connectivity index (χ0) is 14.4. The molecule has 1 rings (SSSR count). The number of rotatable bonds is 5. The lowest BCUT2D eigenvalue weighted by atomic mass is 10.2. The summed E-state index contributed by atoms with van der Waals surface area (Å²) in [5.74, 6) is -0.0584. The van der Waals surface area contributed by atoms with Crippen LogP contribution in [0, 0.1) is 0 Å². The Bertz CT molecular complexity index is 441. The predicted octanol–water partition coefficient (Wildman–Crippen LogP) is 1.61. The summed E-state index contributed by atoms with van der Waals surface area (Å²) in [6.45, 7) is 5.59. The lowest BCUT2D eigenvalue weighted by Gasteiger charge is -2.15. The van der Waals surface area contributed by atoms with Gasteiger partial charge in [0.1, 0.15) is 0 Å². The molecule has 0 fully saturated rings. The highest BCUT2D eigenvalue weighted by Gasteiger charge is 2.06. The summed E-state index contributed by atoms with van der Waals surface area (Å²) in [5.41, 5.74) is 1.67. The molecule has 0 heterocycles. The second-order valence-corrected chi connectivity index (χ2v) is 4.70. The number of hydrogen-bond donors (Lipinski definition) is 2. The SMILES string of the molecule is CC(=O)N(C)c1ccc(NCC(=O)NC(C)C)cc1. The van der Waals surface area contributed by atoms with Crippen molar-refractivity contribution in [2.75, 3.05) is 23.8 Å². The summed E-state index contributed by atoms with van der Waals surface area (Å²) in [4.78, 5) is 24.2. The Kier molecular flexibility index (Phi) is 5.36. The van der Waals surface area contributed by atoms with Crippen LogP contribution in [-0.4, -0.2) is 31.4 Å². The van der Waals surface area contributed by atoms with Crippen LogP contribution in [0.1, 0.15) is 20.8 Å². The van der Waals surface area contributed by atoms with E-state index in [0.717, 1.165) is 11.4 Å². The van der Waals surface area contributed by atoms with E-state index in [1.807, 2.05) is 38.1 Å². The minimum Gasteiger partial charge on any atom is -0.376 e.